The number of ether oxygens (including phenoxy) is 1. The number of rotatable bonds is 5. The van der Waals surface area contributed by atoms with Crippen LogP contribution in [0.25, 0.3) is 0 Å². The van der Waals surface area contributed by atoms with Crippen molar-refractivity contribution in [1.82, 2.24) is 14.7 Å². The smallest absolute Gasteiger partial charge is 0.410 e. The average molecular weight is 331 g/mol. The Labute approximate surface area is 143 Å². The predicted octanol–water partition coefficient (Wildman–Crippen LogP) is 1.86. The zero-order valence-corrected chi connectivity index (χ0v) is 14.4. The van der Waals surface area contributed by atoms with Crippen LogP contribution in [-0.4, -0.2) is 67.0 Å². The van der Waals surface area contributed by atoms with Crippen LogP contribution >= 0.6 is 0 Å². The molecule has 2 fully saturated rings. The van der Waals surface area contributed by atoms with Gasteiger partial charge in [0, 0.05) is 13.1 Å². The van der Waals surface area contributed by atoms with E-state index < -0.39 is 0 Å². The van der Waals surface area contributed by atoms with Crippen LogP contribution in [0.5, 0.6) is 0 Å². The molecular formula is C18H25N3O3. The summed E-state index contributed by atoms with van der Waals surface area (Å²) in [5, 5.41) is 0. The summed E-state index contributed by atoms with van der Waals surface area (Å²) in [5.74, 6) is 0.00807. The average Bonchev–Trinajstić information content (AvgIpc) is 3.17. The Morgan fingerprint density at radius 1 is 1.25 bits per heavy atom. The lowest BCUT2D eigenvalue weighted by molar-refractivity contribution is -0.132. The Kier molecular flexibility index (Phi) is 5.04. The van der Waals surface area contributed by atoms with Crippen molar-refractivity contribution < 1.29 is 14.3 Å². The molecule has 0 bridgehead atoms. The van der Waals surface area contributed by atoms with E-state index in [4.69, 9.17) is 4.74 Å². The van der Waals surface area contributed by atoms with Crippen LogP contribution < -0.4 is 0 Å². The number of amides is 2. The molecule has 24 heavy (non-hydrogen) atoms. The highest BCUT2D eigenvalue weighted by molar-refractivity contribution is 5.83. The fourth-order valence-corrected chi connectivity index (χ4v) is 3.45. The van der Waals surface area contributed by atoms with Gasteiger partial charge in [-0.15, -0.1) is 0 Å². The molecule has 2 saturated heterocycles. The zero-order valence-electron chi connectivity index (χ0n) is 14.4. The lowest BCUT2D eigenvalue weighted by atomic mass is 10.0. The minimum absolute atomic E-state index is 0.00807. The van der Waals surface area contributed by atoms with Gasteiger partial charge in [-0.25, -0.2) is 4.79 Å². The number of hydrogen-bond donors (Lipinski definition) is 0. The fourth-order valence-electron chi connectivity index (χ4n) is 3.45. The molecule has 6 nitrogen and oxygen atoms in total. The Bertz CT molecular complexity index is 600. The summed E-state index contributed by atoms with van der Waals surface area (Å²) < 4.78 is 4.90. The number of likely N-dealkylation sites (tertiary alicyclic amines) is 1. The van der Waals surface area contributed by atoms with Gasteiger partial charge in [0.1, 0.15) is 13.2 Å². The van der Waals surface area contributed by atoms with Crippen molar-refractivity contribution in [2.45, 2.75) is 25.4 Å². The molecule has 2 aliphatic heterocycles. The summed E-state index contributed by atoms with van der Waals surface area (Å²) in [6.45, 7) is 2.66. The lowest BCUT2D eigenvalue weighted by Crippen LogP contribution is -2.40. The molecule has 3 rings (SSSR count). The Hall–Kier alpha value is -2.08. The maximum absolute atomic E-state index is 12.6. The van der Waals surface area contributed by atoms with Gasteiger partial charge in [-0.05, 0) is 38.1 Å². The number of benzene rings is 1. The normalized spacial score (nSPS) is 20.8. The van der Waals surface area contributed by atoms with E-state index in [9.17, 15) is 9.59 Å². The van der Waals surface area contributed by atoms with Crippen LogP contribution in [0, 0.1) is 0 Å². The highest BCUT2D eigenvalue weighted by Crippen LogP contribution is 2.32. The molecule has 0 saturated carbocycles. The molecule has 2 heterocycles. The van der Waals surface area contributed by atoms with Crippen molar-refractivity contribution in [2.75, 3.05) is 40.3 Å². The van der Waals surface area contributed by atoms with Crippen LogP contribution in [0.3, 0.4) is 0 Å². The summed E-state index contributed by atoms with van der Waals surface area (Å²) in [4.78, 5) is 29.7. The third kappa shape index (κ3) is 3.70. The van der Waals surface area contributed by atoms with Crippen LogP contribution in [0.1, 0.15) is 30.0 Å². The highest BCUT2D eigenvalue weighted by atomic mass is 16.6. The molecule has 1 aromatic rings. The number of carbonyl (C=O) groups excluding carboxylic acids is 2. The van der Waals surface area contributed by atoms with E-state index in [0.29, 0.717) is 13.2 Å². The molecular weight excluding hydrogens is 306 g/mol. The predicted molar refractivity (Wildman–Crippen MR) is 90.4 cm³/mol. The van der Waals surface area contributed by atoms with Gasteiger partial charge in [0.25, 0.3) is 0 Å². The van der Waals surface area contributed by atoms with Gasteiger partial charge in [-0.1, -0.05) is 24.3 Å². The van der Waals surface area contributed by atoms with E-state index in [2.05, 4.69) is 43.3 Å². The second-order valence-corrected chi connectivity index (χ2v) is 6.76. The zero-order chi connectivity index (χ0) is 17.1. The van der Waals surface area contributed by atoms with E-state index in [0.717, 1.165) is 25.9 Å². The minimum Gasteiger partial charge on any atom is -0.448 e. The molecule has 0 aromatic heterocycles. The molecule has 0 aliphatic carbocycles. The third-order valence-electron chi connectivity index (χ3n) is 4.61. The molecule has 0 spiro atoms. The van der Waals surface area contributed by atoms with E-state index >= 15 is 0 Å². The Morgan fingerprint density at radius 2 is 2.00 bits per heavy atom. The van der Waals surface area contributed by atoms with Crippen molar-refractivity contribution in [3.8, 4) is 0 Å². The molecule has 1 aromatic carbocycles. The molecule has 130 valence electrons. The molecule has 1 atom stereocenters. The summed E-state index contributed by atoms with van der Waals surface area (Å²) in [6.07, 6.45) is 1.59. The standard InChI is InChI=1S/C18H25N3O3/c1-19(2)12-14-5-7-15(8-6-14)16-4-3-9-21(16)17(22)13-20-10-11-24-18(20)23/h5-8,16H,3-4,9-13H2,1-2H3/t16-/m1/s1. The maximum atomic E-state index is 12.6. The summed E-state index contributed by atoms with van der Waals surface area (Å²) in [6, 6.07) is 8.63. The van der Waals surface area contributed by atoms with Crippen molar-refractivity contribution >= 4 is 12.0 Å². The number of carbonyl (C=O) groups is 2. The molecule has 0 N–H and O–H groups in total. The van der Waals surface area contributed by atoms with Gasteiger partial charge in [-0.2, -0.15) is 0 Å². The first-order valence-electron chi connectivity index (χ1n) is 8.49. The van der Waals surface area contributed by atoms with E-state index in [1.807, 2.05) is 4.90 Å². The molecule has 6 heteroatoms. The Balaban J connectivity index is 1.66. The number of cyclic esters (lactones) is 1. The van der Waals surface area contributed by atoms with Gasteiger partial charge in [-0.3, -0.25) is 9.69 Å². The largest absolute Gasteiger partial charge is 0.448 e. The summed E-state index contributed by atoms with van der Waals surface area (Å²) in [7, 11) is 4.10. The molecule has 0 radical (unpaired) electrons. The number of nitrogens with zero attached hydrogens (tertiary/aromatic N) is 3. The topological polar surface area (TPSA) is 53.1 Å². The van der Waals surface area contributed by atoms with Gasteiger partial charge < -0.3 is 14.5 Å². The second kappa shape index (κ2) is 7.21. The highest BCUT2D eigenvalue weighted by Gasteiger charge is 2.33. The Morgan fingerprint density at radius 3 is 2.62 bits per heavy atom. The summed E-state index contributed by atoms with van der Waals surface area (Å²) >= 11 is 0. The van der Waals surface area contributed by atoms with E-state index in [1.54, 1.807) is 0 Å². The monoisotopic (exact) mass is 331 g/mol. The van der Waals surface area contributed by atoms with E-state index in [1.165, 1.54) is 16.0 Å². The number of hydrogen-bond acceptors (Lipinski definition) is 4. The van der Waals surface area contributed by atoms with Crippen LogP contribution in [0.2, 0.25) is 0 Å². The molecule has 0 unspecified atom stereocenters. The van der Waals surface area contributed by atoms with Crippen molar-refractivity contribution in [3.63, 3.8) is 0 Å². The van der Waals surface area contributed by atoms with Crippen LogP contribution in [0.4, 0.5) is 4.79 Å². The fraction of sp³-hybridized carbons (Fsp3) is 0.556. The van der Waals surface area contributed by atoms with Crippen molar-refractivity contribution in [3.05, 3.63) is 35.4 Å². The maximum Gasteiger partial charge on any atom is 0.410 e. The lowest BCUT2D eigenvalue weighted by Gasteiger charge is -2.27. The first kappa shape index (κ1) is 16.8. The minimum atomic E-state index is -0.382. The van der Waals surface area contributed by atoms with E-state index in [-0.39, 0.29) is 24.6 Å². The van der Waals surface area contributed by atoms with Crippen molar-refractivity contribution in [2.24, 2.45) is 0 Å². The van der Waals surface area contributed by atoms with Crippen molar-refractivity contribution in [1.29, 1.82) is 0 Å². The van der Waals surface area contributed by atoms with Gasteiger partial charge in [0.05, 0.1) is 12.6 Å². The second-order valence-electron chi connectivity index (χ2n) is 6.76. The first-order valence-corrected chi connectivity index (χ1v) is 8.49. The van der Waals surface area contributed by atoms with Gasteiger partial charge >= 0.3 is 6.09 Å². The van der Waals surface area contributed by atoms with Crippen LogP contribution in [0.15, 0.2) is 24.3 Å². The summed E-state index contributed by atoms with van der Waals surface area (Å²) in [5.41, 5.74) is 2.44. The van der Waals surface area contributed by atoms with Gasteiger partial charge in [0.15, 0.2) is 0 Å². The quantitative estimate of drug-likeness (QED) is 0.826. The first-order chi connectivity index (χ1) is 11.5. The van der Waals surface area contributed by atoms with Crippen LogP contribution in [-0.2, 0) is 16.1 Å². The third-order valence-corrected chi connectivity index (χ3v) is 4.61. The molecule has 2 aliphatic rings. The van der Waals surface area contributed by atoms with Gasteiger partial charge in [0.2, 0.25) is 5.91 Å². The SMILES string of the molecule is CN(C)Cc1ccc([C@H]2CCCN2C(=O)CN2CCOC2=O)cc1. The molecule has 2 amide bonds.